The van der Waals surface area contributed by atoms with Crippen molar-refractivity contribution in [2.45, 2.75) is 13.8 Å². The summed E-state index contributed by atoms with van der Waals surface area (Å²) >= 11 is 0. The maximum Gasteiger partial charge on any atom is 0.144 e. The predicted molar refractivity (Wildman–Crippen MR) is 92.9 cm³/mol. The number of ether oxygens (including phenoxy) is 2. The zero-order valence-electron chi connectivity index (χ0n) is 13.0. The van der Waals surface area contributed by atoms with Gasteiger partial charge in [0.15, 0.2) is 0 Å². The van der Waals surface area contributed by atoms with Crippen LogP contribution in [-0.2, 0) is 0 Å². The minimum Gasteiger partial charge on any atom is -0.492 e. The third kappa shape index (κ3) is 4.97. The number of hydrogen-bond donors (Lipinski definition) is 4. The molecule has 0 spiro atoms. The fourth-order valence-electron chi connectivity index (χ4n) is 1.70. The van der Waals surface area contributed by atoms with Crippen molar-refractivity contribution >= 4 is 22.7 Å². The molecule has 0 aliphatic rings. The summed E-state index contributed by atoms with van der Waals surface area (Å²) in [6, 6.07) is 10.6. The van der Waals surface area contributed by atoms with Gasteiger partial charge in [-0.05, 0) is 44.2 Å². The zero-order chi connectivity index (χ0) is 16.5. The van der Waals surface area contributed by atoms with Crippen LogP contribution in [0.3, 0.4) is 0 Å². The molecule has 8 N–H and O–H groups in total. The molecule has 0 fully saturated rings. The summed E-state index contributed by atoms with van der Waals surface area (Å²) < 4.78 is 10.4. The third-order valence-corrected chi connectivity index (χ3v) is 2.73. The van der Waals surface area contributed by atoms with E-state index in [9.17, 15) is 0 Å². The molecule has 0 aliphatic heterocycles. The van der Waals surface area contributed by atoms with E-state index in [1.807, 2.05) is 19.9 Å². The third-order valence-electron chi connectivity index (χ3n) is 2.73. The lowest BCUT2D eigenvalue weighted by molar-refractivity contribution is 0.342. The van der Waals surface area contributed by atoms with E-state index in [2.05, 4.69) is 0 Å². The van der Waals surface area contributed by atoms with E-state index in [1.54, 1.807) is 30.3 Å². The highest BCUT2D eigenvalue weighted by molar-refractivity contribution is 5.70. The summed E-state index contributed by atoms with van der Waals surface area (Å²) in [5.41, 5.74) is 24.6. The first-order valence-corrected chi connectivity index (χ1v) is 7.04. The Morgan fingerprint density at radius 3 is 2.00 bits per heavy atom. The highest BCUT2D eigenvalue weighted by Gasteiger charge is 2.00. The standard InChI is InChI=1S/2C8H12N2O/c1-2-11-8-4-3-6(9)5-7(8)10;1-2-11-7-5-3-4-6(9)8(7)10/h2*3-5H,2,9-10H2,1H3. The molecule has 0 saturated carbocycles. The summed E-state index contributed by atoms with van der Waals surface area (Å²) in [4.78, 5) is 0. The van der Waals surface area contributed by atoms with Crippen LogP contribution in [0.15, 0.2) is 36.4 Å². The molecule has 0 aliphatic carbocycles. The van der Waals surface area contributed by atoms with Gasteiger partial charge in [-0.1, -0.05) is 6.07 Å². The number of benzene rings is 2. The monoisotopic (exact) mass is 304 g/mol. The van der Waals surface area contributed by atoms with E-state index in [1.165, 1.54) is 0 Å². The molecule has 0 radical (unpaired) electrons. The van der Waals surface area contributed by atoms with Crippen molar-refractivity contribution in [3.63, 3.8) is 0 Å². The highest BCUT2D eigenvalue weighted by Crippen LogP contribution is 2.26. The Balaban J connectivity index is 0.000000220. The second-order valence-corrected chi connectivity index (χ2v) is 4.42. The van der Waals surface area contributed by atoms with Gasteiger partial charge < -0.3 is 32.4 Å². The van der Waals surface area contributed by atoms with Crippen molar-refractivity contribution in [1.29, 1.82) is 0 Å². The molecular formula is C16H24N4O2. The SMILES string of the molecule is CCOc1ccc(N)cc1N.CCOc1cccc(N)c1N. The Kier molecular flexibility index (Phi) is 6.69. The lowest BCUT2D eigenvalue weighted by Gasteiger charge is -2.07. The van der Waals surface area contributed by atoms with Crippen LogP contribution in [0.25, 0.3) is 0 Å². The smallest absolute Gasteiger partial charge is 0.144 e. The lowest BCUT2D eigenvalue weighted by Crippen LogP contribution is -1.99. The first-order valence-electron chi connectivity index (χ1n) is 7.04. The summed E-state index contributed by atoms with van der Waals surface area (Å²) in [5, 5.41) is 0. The number of para-hydroxylation sites is 1. The molecule has 0 atom stereocenters. The van der Waals surface area contributed by atoms with Gasteiger partial charge in [0.2, 0.25) is 0 Å². The van der Waals surface area contributed by atoms with Crippen LogP contribution in [0.4, 0.5) is 22.7 Å². The van der Waals surface area contributed by atoms with Crippen LogP contribution in [0.1, 0.15) is 13.8 Å². The Morgan fingerprint density at radius 2 is 1.41 bits per heavy atom. The molecular weight excluding hydrogens is 280 g/mol. The van der Waals surface area contributed by atoms with Crippen molar-refractivity contribution in [2.75, 3.05) is 36.1 Å². The number of nitrogens with two attached hydrogens (primary N) is 4. The van der Waals surface area contributed by atoms with E-state index >= 15 is 0 Å². The molecule has 0 aromatic heterocycles. The van der Waals surface area contributed by atoms with Crippen LogP contribution in [0.5, 0.6) is 11.5 Å². The van der Waals surface area contributed by atoms with Gasteiger partial charge in [-0.2, -0.15) is 0 Å². The Labute approximate surface area is 131 Å². The first kappa shape index (κ1) is 17.3. The molecule has 6 heteroatoms. The Hall–Kier alpha value is -2.76. The van der Waals surface area contributed by atoms with E-state index in [-0.39, 0.29) is 0 Å². The number of rotatable bonds is 4. The first-order chi connectivity index (χ1) is 10.5. The van der Waals surface area contributed by atoms with Gasteiger partial charge in [0.05, 0.1) is 30.3 Å². The number of anilines is 4. The van der Waals surface area contributed by atoms with Crippen LogP contribution >= 0.6 is 0 Å². The highest BCUT2D eigenvalue weighted by atomic mass is 16.5. The second-order valence-electron chi connectivity index (χ2n) is 4.42. The molecule has 0 heterocycles. The number of nitrogen functional groups attached to an aromatic ring is 4. The average molecular weight is 304 g/mol. The fourth-order valence-corrected chi connectivity index (χ4v) is 1.70. The van der Waals surface area contributed by atoms with Crippen LogP contribution in [0.2, 0.25) is 0 Å². The normalized spacial score (nSPS) is 9.55. The lowest BCUT2D eigenvalue weighted by atomic mass is 10.2. The van der Waals surface area contributed by atoms with Crippen LogP contribution < -0.4 is 32.4 Å². The zero-order valence-corrected chi connectivity index (χ0v) is 13.0. The predicted octanol–water partition coefficient (Wildman–Crippen LogP) is 2.50. The molecule has 22 heavy (non-hydrogen) atoms. The minimum atomic E-state index is 0.523. The molecule has 0 saturated heterocycles. The van der Waals surface area contributed by atoms with Crippen LogP contribution in [-0.4, -0.2) is 13.2 Å². The van der Waals surface area contributed by atoms with Crippen LogP contribution in [0, 0.1) is 0 Å². The average Bonchev–Trinajstić information content (AvgIpc) is 2.48. The van der Waals surface area contributed by atoms with Crippen molar-refractivity contribution in [3.05, 3.63) is 36.4 Å². The van der Waals surface area contributed by atoms with Gasteiger partial charge in [0.25, 0.3) is 0 Å². The van der Waals surface area contributed by atoms with Gasteiger partial charge in [0, 0.05) is 5.69 Å². The van der Waals surface area contributed by atoms with Crippen molar-refractivity contribution in [3.8, 4) is 11.5 Å². The summed E-state index contributed by atoms with van der Waals surface area (Å²) in [5.74, 6) is 1.36. The van der Waals surface area contributed by atoms with Crippen molar-refractivity contribution in [1.82, 2.24) is 0 Å². The molecule has 6 nitrogen and oxygen atoms in total. The van der Waals surface area contributed by atoms with Gasteiger partial charge >= 0.3 is 0 Å². The Morgan fingerprint density at radius 1 is 0.773 bits per heavy atom. The summed E-state index contributed by atoms with van der Waals surface area (Å²) in [6.45, 7) is 5.04. The molecule has 2 aromatic carbocycles. The number of hydrogen-bond acceptors (Lipinski definition) is 6. The molecule has 0 unspecified atom stereocenters. The maximum absolute atomic E-state index is 5.62. The van der Waals surface area contributed by atoms with E-state index in [0.717, 1.165) is 0 Å². The second kappa shape index (κ2) is 8.51. The van der Waals surface area contributed by atoms with E-state index < -0.39 is 0 Å². The fraction of sp³-hybridized carbons (Fsp3) is 0.250. The maximum atomic E-state index is 5.62. The van der Waals surface area contributed by atoms with Gasteiger partial charge in [0.1, 0.15) is 11.5 Å². The van der Waals surface area contributed by atoms with E-state index in [4.69, 9.17) is 32.4 Å². The van der Waals surface area contributed by atoms with Gasteiger partial charge in [-0.25, -0.2) is 0 Å². The molecule has 2 aromatic rings. The Bertz CT molecular complexity index is 603. The van der Waals surface area contributed by atoms with Gasteiger partial charge in [-0.15, -0.1) is 0 Å². The quantitative estimate of drug-likeness (QED) is 0.644. The molecule has 120 valence electrons. The molecule has 0 amide bonds. The summed E-state index contributed by atoms with van der Waals surface area (Å²) in [6.07, 6.45) is 0. The van der Waals surface area contributed by atoms with Crippen molar-refractivity contribution in [2.24, 2.45) is 0 Å². The minimum absolute atomic E-state index is 0.523. The van der Waals surface area contributed by atoms with Gasteiger partial charge in [-0.3, -0.25) is 0 Å². The van der Waals surface area contributed by atoms with E-state index in [0.29, 0.717) is 47.5 Å². The topological polar surface area (TPSA) is 123 Å². The largest absolute Gasteiger partial charge is 0.492 e. The van der Waals surface area contributed by atoms with Crippen molar-refractivity contribution < 1.29 is 9.47 Å². The summed E-state index contributed by atoms with van der Waals surface area (Å²) in [7, 11) is 0. The molecule has 2 rings (SSSR count). The molecule has 0 bridgehead atoms.